The predicted octanol–water partition coefficient (Wildman–Crippen LogP) is 2.08. The molecule has 0 aliphatic carbocycles. The lowest BCUT2D eigenvalue weighted by molar-refractivity contribution is -0.00461. The molecule has 1 saturated heterocycles. The summed E-state index contributed by atoms with van der Waals surface area (Å²) < 4.78 is 11.0. The van der Waals surface area contributed by atoms with Gasteiger partial charge in [0.15, 0.2) is 0 Å². The summed E-state index contributed by atoms with van der Waals surface area (Å²) in [7, 11) is 2.35. The van der Waals surface area contributed by atoms with E-state index >= 15 is 0 Å². The van der Waals surface area contributed by atoms with E-state index in [1.165, 1.54) is 10.8 Å². The predicted molar refractivity (Wildman–Crippen MR) is 86.3 cm³/mol. The molecule has 2 atom stereocenters. The van der Waals surface area contributed by atoms with Crippen LogP contribution in [-0.2, 0) is 16.0 Å². The lowest BCUT2D eigenvalue weighted by Crippen LogP contribution is -2.37. The minimum atomic E-state index is -1.19. The van der Waals surface area contributed by atoms with Crippen LogP contribution in [0.5, 0.6) is 0 Å². The second-order valence-corrected chi connectivity index (χ2v) is 11.8. The lowest BCUT2D eigenvalue weighted by atomic mass is 10.2. The Morgan fingerprint density at radius 2 is 1.50 bits per heavy atom. The van der Waals surface area contributed by atoms with Crippen molar-refractivity contribution in [2.24, 2.45) is 0 Å². The molecule has 20 heavy (non-hydrogen) atoms. The lowest BCUT2D eigenvalue weighted by Gasteiger charge is -2.19. The van der Waals surface area contributed by atoms with Crippen LogP contribution < -0.4 is 5.19 Å². The maximum atomic E-state index is 5.49. The number of hydrogen-bond donors (Lipinski definition) is 0. The van der Waals surface area contributed by atoms with E-state index in [4.69, 9.17) is 9.47 Å². The standard InChI is InChI=1S/C16H27NO2Si/c1-18-15-11-17(12-16(15)19-2)10-13-6-8-14(9-7-13)20(3,4)5/h6-9,15-16H,10-12H2,1-5H3. The van der Waals surface area contributed by atoms with Crippen molar-refractivity contribution >= 4 is 13.3 Å². The topological polar surface area (TPSA) is 21.7 Å². The van der Waals surface area contributed by atoms with Crippen LogP contribution >= 0.6 is 0 Å². The fourth-order valence-corrected chi connectivity index (χ4v) is 3.94. The maximum Gasteiger partial charge on any atom is 0.0971 e. The average Bonchev–Trinajstić information content (AvgIpc) is 2.80. The first kappa shape index (κ1) is 15.7. The normalized spacial score (nSPS) is 24.2. The van der Waals surface area contributed by atoms with Crippen molar-refractivity contribution in [3.05, 3.63) is 29.8 Å². The van der Waals surface area contributed by atoms with Crippen molar-refractivity contribution in [2.75, 3.05) is 27.3 Å². The van der Waals surface area contributed by atoms with Crippen molar-refractivity contribution in [1.29, 1.82) is 0 Å². The maximum absolute atomic E-state index is 5.49. The van der Waals surface area contributed by atoms with Crippen LogP contribution in [0.3, 0.4) is 0 Å². The zero-order valence-corrected chi connectivity index (χ0v) is 14.3. The van der Waals surface area contributed by atoms with E-state index in [2.05, 4.69) is 48.8 Å². The summed E-state index contributed by atoms with van der Waals surface area (Å²) in [5.41, 5.74) is 1.37. The number of rotatable bonds is 5. The van der Waals surface area contributed by atoms with Gasteiger partial charge < -0.3 is 9.47 Å². The molecular formula is C16H27NO2Si. The van der Waals surface area contributed by atoms with Gasteiger partial charge in [0.1, 0.15) is 0 Å². The second kappa shape index (κ2) is 6.39. The van der Waals surface area contributed by atoms with E-state index in [-0.39, 0.29) is 12.2 Å². The second-order valence-electron chi connectivity index (χ2n) is 6.69. The Morgan fingerprint density at radius 3 is 1.90 bits per heavy atom. The Bertz CT molecular complexity index is 415. The molecule has 1 aromatic rings. The van der Waals surface area contributed by atoms with Crippen LogP contribution in [0, 0.1) is 0 Å². The molecule has 0 N–H and O–H groups in total. The SMILES string of the molecule is COC1CN(Cc2ccc([Si](C)(C)C)cc2)CC1OC. The summed E-state index contributed by atoms with van der Waals surface area (Å²) in [6, 6.07) is 9.16. The third-order valence-corrected chi connectivity index (χ3v) is 6.19. The van der Waals surface area contributed by atoms with Crippen molar-refractivity contribution in [1.82, 2.24) is 4.90 Å². The molecule has 1 aliphatic rings. The van der Waals surface area contributed by atoms with E-state index in [9.17, 15) is 0 Å². The first-order valence-electron chi connectivity index (χ1n) is 7.31. The summed E-state index contributed by atoms with van der Waals surface area (Å²) in [6.07, 6.45) is 0.391. The summed E-state index contributed by atoms with van der Waals surface area (Å²) in [5.74, 6) is 0. The fraction of sp³-hybridized carbons (Fsp3) is 0.625. The van der Waals surface area contributed by atoms with E-state index in [1.807, 2.05) is 0 Å². The third kappa shape index (κ3) is 3.70. The van der Waals surface area contributed by atoms with Crippen molar-refractivity contribution in [3.8, 4) is 0 Å². The highest BCUT2D eigenvalue weighted by atomic mass is 28.3. The van der Waals surface area contributed by atoms with Gasteiger partial charge >= 0.3 is 0 Å². The molecule has 1 aliphatic heterocycles. The number of hydrogen-bond acceptors (Lipinski definition) is 3. The van der Waals surface area contributed by atoms with Gasteiger partial charge in [-0.3, -0.25) is 4.90 Å². The van der Waals surface area contributed by atoms with Gasteiger partial charge in [-0.1, -0.05) is 49.1 Å². The minimum absolute atomic E-state index is 0.196. The largest absolute Gasteiger partial charge is 0.377 e. The van der Waals surface area contributed by atoms with Gasteiger partial charge in [-0.05, 0) is 5.56 Å². The smallest absolute Gasteiger partial charge is 0.0971 e. The first-order valence-corrected chi connectivity index (χ1v) is 10.8. The van der Waals surface area contributed by atoms with Crippen molar-refractivity contribution < 1.29 is 9.47 Å². The van der Waals surface area contributed by atoms with Crippen molar-refractivity contribution in [3.63, 3.8) is 0 Å². The molecule has 0 saturated carbocycles. The molecule has 0 aromatic heterocycles. The fourth-order valence-electron chi connectivity index (χ4n) is 2.77. The van der Waals surface area contributed by atoms with E-state index in [0.29, 0.717) is 0 Å². The molecule has 0 spiro atoms. The van der Waals surface area contributed by atoms with Crippen LogP contribution in [-0.4, -0.2) is 52.5 Å². The van der Waals surface area contributed by atoms with Crippen LogP contribution in [0.4, 0.5) is 0 Å². The summed E-state index contributed by atoms with van der Waals surface area (Å²) >= 11 is 0. The Kier molecular flexibility index (Phi) is 5.02. The highest BCUT2D eigenvalue weighted by Crippen LogP contribution is 2.18. The van der Waals surface area contributed by atoms with Gasteiger partial charge in [0.25, 0.3) is 0 Å². The van der Waals surface area contributed by atoms with Gasteiger partial charge in [0, 0.05) is 33.9 Å². The Hall–Kier alpha value is -0.683. The molecule has 112 valence electrons. The molecular weight excluding hydrogens is 266 g/mol. The average molecular weight is 293 g/mol. The van der Waals surface area contributed by atoms with Crippen LogP contribution in [0.25, 0.3) is 0 Å². The van der Waals surface area contributed by atoms with Gasteiger partial charge in [0.2, 0.25) is 0 Å². The van der Waals surface area contributed by atoms with Gasteiger partial charge in [-0.25, -0.2) is 0 Å². The van der Waals surface area contributed by atoms with Gasteiger partial charge in [0.05, 0.1) is 20.3 Å². The van der Waals surface area contributed by atoms with Crippen LogP contribution in [0.2, 0.25) is 19.6 Å². The van der Waals surface area contributed by atoms with E-state index in [1.54, 1.807) is 14.2 Å². The summed E-state index contributed by atoms with van der Waals surface area (Å²) in [4.78, 5) is 2.41. The van der Waals surface area contributed by atoms with Gasteiger partial charge in [-0.15, -0.1) is 0 Å². The molecule has 0 radical (unpaired) electrons. The molecule has 3 nitrogen and oxygen atoms in total. The van der Waals surface area contributed by atoms with E-state index < -0.39 is 8.07 Å². The molecule has 2 unspecified atom stereocenters. The molecule has 4 heteroatoms. The highest BCUT2D eigenvalue weighted by Gasteiger charge is 2.32. The Labute approximate surface area is 123 Å². The number of likely N-dealkylation sites (tertiary alicyclic amines) is 1. The molecule has 0 amide bonds. The van der Waals surface area contributed by atoms with Crippen molar-refractivity contribution in [2.45, 2.75) is 38.4 Å². The highest BCUT2D eigenvalue weighted by molar-refractivity contribution is 6.88. The summed E-state index contributed by atoms with van der Waals surface area (Å²) in [6.45, 7) is 10.0. The zero-order chi connectivity index (χ0) is 14.8. The Morgan fingerprint density at radius 1 is 1.00 bits per heavy atom. The molecule has 1 fully saturated rings. The first-order chi connectivity index (χ1) is 9.44. The third-order valence-electron chi connectivity index (χ3n) is 4.12. The molecule has 0 bridgehead atoms. The zero-order valence-electron chi connectivity index (χ0n) is 13.3. The number of benzene rings is 1. The number of nitrogens with zero attached hydrogens (tertiary/aromatic N) is 1. The molecule has 2 rings (SSSR count). The quantitative estimate of drug-likeness (QED) is 0.776. The Balaban J connectivity index is 1.98. The monoisotopic (exact) mass is 293 g/mol. The van der Waals surface area contributed by atoms with Crippen LogP contribution in [0.1, 0.15) is 5.56 Å². The van der Waals surface area contributed by atoms with Crippen LogP contribution in [0.15, 0.2) is 24.3 Å². The number of ether oxygens (including phenoxy) is 2. The molecule has 1 heterocycles. The summed E-state index contributed by atoms with van der Waals surface area (Å²) in [5, 5.41) is 1.52. The number of methoxy groups -OCH3 is 2. The minimum Gasteiger partial charge on any atom is -0.377 e. The molecule has 1 aromatic carbocycles. The van der Waals surface area contributed by atoms with Gasteiger partial charge in [-0.2, -0.15) is 0 Å². The van der Waals surface area contributed by atoms with E-state index in [0.717, 1.165) is 19.6 Å².